The van der Waals surface area contributed by atoms with Crippen LogP contribution in [0.15, 0.2) is 24.3 Å². The highest BCUT2D eigenvalue weighted by Gasteiger charge is 2.19. The van der Waals surface area contributed by atoms with Gasteiger partial charge in [0.05, 0.1) is 0 Å². The Labute approximate surface area is 112 Å². The third-order valence-electron chi connectivity index (χ3n) is 2.48. The lowest BCUT2D eigenvalue weighted by atomic mass is 10.1. The molecule has 1 aromatic rings. The average Bonchev–Trinajstić information content (AvgIpc) is 2.31. The van der Waals surface area contributed by atoms with E-state index in [1.165, 1.54) is 9.87 Å². The van der Waals surface area contributed by atoms with Gasteiger partial charge in [-0.25, -0.2) is 8.42 Å². The lowest BCUT2D eigenvalue weighted by Gasteiger charge is -2.20. The summed E-state index contributed by atoms with van der Waals surface area (Å²) in [5.41, 5.74) is 2.20. The zero-order chi connectivity index (χ0) is 12.9. The highest BCUT2D eigenvalue weighted by atomic mass is 79.9. The van der Waals surface area contributed by atoms with E-state index in [1.807, 2.05) is 38.1 Å². The second-order valence-corrected chi connectivity index (χ2v) is 7.31. The molecule has 0 N–H and O–H groups in total. The van der Waals surface area contributed by atoms with Gasteiger partial charge in [-0.1, -0.05) is 52.7 Å². The summed E-state index contributed by atoms with van der Waals surface area (Å²) < 4.78 is 25.2. The molecule has 5 heteroatoms. The molecule has 0 saturated heterocycles. The first-order chi connectivity index (χ1) is 7.99. The number of sulfonamides is 1. The predicted octanol–water partition coefficient (Wildman–Crippen LogP) is 2.89. The number of benzene rings is 1. The minimum Gasteiger partial charge on any atom is -0.211 e. The summed E-state index contributed by atoms with van der Waals surface area (Å²) >= 11 is 3.04. The van der Waals surface area contributed by atoms with E-state index in [0.717, 1.165) is 12.0 Å². The van der Waals surface area contributed by atoms with Gasteiger partial charge in [-0.15, -0.1) is 0 Å². The fourth-order valence-corrected chi connectivity index (χ4v) is 3.35. The minimum atomic E-state index is -3.18. The lowest BCUT2D eigenvalue weighted by molar-refractivity contribution is 0.409. The molecule has 0 aliphatic rings. The zero-order valence-electron chi connectivity index (χ0n) is 10.2. The summed E-state index contributed by atoms with van der Waals surface area (Å²) in [7, 11) is -3.18. The number of aryl methyl sites for hydroxylation is 1. The highest BCUT2D eigenvalue weighted by Crippen LogP contribution is 2.13. The van der Waals surface area contributed by atoms with E-state index in [9.17, 15) is 8.42 Å². The largest absolute Gasteiger partial charge is 0.224 e. The van der Waals surface area contributed by atoms with E-state index < -0.39 is 10.0 Å². The molecule has 0 amide bonds. The van der Waals surface area contributed by atoms with Crippen LogP contribution in [0.25, 0.3) is 0 Å². The molecule has 0 spiro atoms. The Balaban J connectivity index is 2.84. The van der Waals surface area contributed by atoms with Crippen LogP contribution in [0.2, 0.25) is 0 Å². The molecule has 1 aromatic carbocycles. The topological polar surface area (TPSA) is 37.4 Å². The van der Waals surface area contributed by atoms with Gasteiger partial charge in [0.15, 0.2) is 0 Å². The van der Waals surface area contributed by atoms with E-state index >= 15 is 0 Å². The zero-order valence-corrected chi connectivity index (χ0v) is 12.6. The normalized spacial score (nSPS) is 12.0. The Morgan fingerprint density at radius 3 is 2.29 bits per heavy atom. The van der Waals surface area contributed by atoms with Crippen molar-refractivity contribution >= 4 is 26.0 Å². The van der Waals surface area contributed by atoms with Crippen molar-refractivity contribution in [3.8, 4) is 0 Å². The molecule has 0 aliphatic heterocycles. The molecule has 0 fully saturated rings. The van der Waals surface area contributed by atoms with E-state index in [2.05, 4.69) is 15.9 Å². The van der Waals surface area contributed by atoms with Gasteiger partial charge in [-0.3, -0.25) is 0 Å². The smallest absolute Gasteiger partial charge is 0.211 e. The fraction of sp³-hybridized carbons (Fsp3) is 0.500. The van der Waals surface area contributed by atoms with Crippen LogP contribution < -0.4 is 0 Å². The average molecular weight is 320 g/mol. The molecule has 0 atom stereocenters. The van der Waals surface area contributed by atoms with Crippen LogP contribution >= 0.6 is 15.9 Å². The Morgan fingerprint density at radius 2 is 1.82 bits per heavy atom. The summed E-state index contributed by atoms with van der Waals surface area (Å²) in [5.74, 6) is 0. The standard InChI is InChI=1S/C12H18BrNO2S/c1-3-8-14(17(15,16)10-13)9-12-6-4-11(2)5-7-12/h4-7H,3,8-10H2,1-2H3. The van der Waals surface area contributed by atoms with Gasteiger partial charge in [-0.05, 0) is 18.9 Å². The number of alkyl halides is 1. The molecular weight excluding hydrogens is 302 g/mol. The molecule has 0 heterocycles. The molecule has 0 aliphatic carbocycles. The van der Waals surface area contributed by atoms with Crippen LogP contribution in [0, 0.1) is 6.92 Å². The molecule has 1 rings (SSSR count). The first kappa shape index (κ1) is 14.7. The van der Waals surface area contributed by atoms with Crippen molar-refractivity contribution in [3.63, 3.8) is 0 Å². The fourth-order valence-electron chi connectivity index (χ4n) is 1.53. The van der Waals surface area contributed by atoms with Crippen molar-refractivity contribution in [1.29, 1.82) is 0 Å². The second kappa shape index (κ2) is 6.52. The van der Waals surface area contributed by atoms with Gasteiger partial charge in [0.1, 0.15) is 4.66 Å². The monoisotopic (exact) mass is 319 g/mol. The molecule has 0 bridgehead atoms. The van der Waals surface area contributed by atoms with Crippen molar-refractivity contribution in [1.82, 2.24) is 4.31 Å². The first-order valence-electron chi connectivity index (χ1n) is 5.59. The molecule has 0 saturated carbocycles. The predicted molar refractivity (Wildman–Crippen MR) is 74.6 cm³/mol. The molecule has 17 heavy (non-hydrogen) atoms. The van der Waals surface area contributed by atoms with Gasteiger partial charge >= 0.3 is 0 Å². The van der Waals surface area contributed by atoms with Crippen molar-refractivity contribution in [2.24, 2.45) is 0 Å². The van der Waals surface area contributed by atoms with E-state index in [-0.39, 0.29) is 4.66 Å². The Hall–Kier alpha value is -0.390. The number of rotatable bonds is 6. The van der Waals surface area contributed by atoms with Crippen LogP contribution in [-0.2, 0) is 16.6 Å². The van der Waals surface area contributed by atoms with Gasteiger partial charge in [0.25, 0.3) is 0 Å². The number of halogens is 1. The number of hydrogen-bond donors (Lipinski definition) is 0. The summed E-state index contributed by atoms with van der Waals surface area (Å²) in [6.45, 7) is 5.00. The molecule has 0 unspecified atom stereocenters. The van der Waals surface area contributed by atoms with Crippen molar-refractivity contribution in [2.45, 2.75) is 26.8 Å². The van der Waals surface area contributed by atoms with Crippen molar-refractivity contribution < 1.29 is 8.42 Å². The third-order valence-corrected chi connectivity index (χ3v) is 5.59. The van der Waals surface area contributed by atoms with Crippen LogP contribution in [0.5, 0.6) is 0 Å². The highest BCUT2D eigenvalue weighted by molar-refractivity contribution is 9.10. The summed E-state index contributed by atoms with van der Waals surface area (Å²) in [6.07, 6.45) is 0.818. The van der Waals surface area contributed by atoms with E-state index in [4.69, 9.17) is 0 Å². The number of nitrogens with zero attached hydrogens (tertiary/aromatic N) is 1. The summed E-state index contributed by atoms with van der Waals surface area (Å²) in [4.78, 5) is 0. The third kappa shape index (κ3) is 4.41. The van der Waals surface area contributed by atoms with Crippen molar-refractivity contribution in [3.05, 3.63) is 35.4 Å². The van der Waals surface area contributed by atoms with Gasteiger partial charge in [0.2, 0.25) is 10.0 Å². The molecule has 0 radical (unpaired) electrons. The second-order valence-electron chi connectivity index (χ2n) is 4.04. The molecule has 3 nitrogen and oxygen atoms in total. The van der Waals surface area contributed by atoms with E-state index in [1.54, 1.807) is 0 Å². The van der Waals surface area contributed by atoms with E-state index in [0.29, 0.717) is 13.1 Å². The Kier molecular flexibility index (Phi) is 5.62. The van der Waals surface area contributed by atoms with Crippen LogP contribution in [-0.4, -0.2) is 23.9 Å². The quantitative estimate of drug-likeness (QED) is 0.756. The van der Waals surface area contributed by atoms with Gasteiger partial charge in [0, 0.05) is 13.1 Å². The maximum Gasteiger partial charge on any atom is 0.224 e. The summed E-state index contributed by atoms with van der Waals surface area (Å²) in [6, 6.07) is 7.95. The molecule has 0 aromatic heterocycles. The first-order valence-corrected chi connectivity index (χ1v) is 8.32. The molecule has 96 valence electrons. The van der Waals surface area contributed by atoms with Crippen LogP contribution in [0.4, 0.5) is 0 Å². The maximum absolute atomic E-state index is 11.8. The maximum atomic E-state index is 11.8. The van der Waals surface area contributed by atoms with Crippen LogP contribution in [0.1, 0.15) is 24.5 Å². The summed E-state index contributed by atoms with van der Waals surface area (Å²) in [5, 5.41) is 0. The van der Waals surface area contributed by atoms with Crippen molar-refractivity contribution in [2.75, 3.05) is 11.2 Å². The van der Waals surface area contributed by atoms with Gasteiger partial charge < -0.3 is 0 Å². The van der Waals surface area contributed by atoms with Gasteiger partial charge in [-0.2, -0.15) is 4.31 Å². The molecular formula is C12H18BrNO2S. The number of hydrogen-bond acceptors (Lipinski definition) is 2. The minimum absolute atomic E-state index is 0.0220. The lowest BCUT2D eigenvalue weighted by Crippen LogP contribution is -2.31. The van der Waals surface area contributed by atoms with Crippen LogP contribution in [0.3, 0.4) is 0 Å². The Bertz CT molecular complexity index is 442. The SMILES string of the molecule is CCCN(Cc1ccc(C)cc1)S(=O)(=O)CBr. The Morgan fingerprint density at radius 1 is 1.24 bits per heavy atom.